The summed E-state index contributed by atoms with van der Waals surface area (Å²) in [6, 6.07) is 0.0576. The molecule has 0 saturated heterocycles. The lowest BCUT2D eigenvalue weighted by molar-refractivity contribution is -0.143. The molecule has 16 heavy (non-hydrogen) atoms. The first-order valence-corrected chi connectivity index (χ1v) is 5.86. The lowest BCUT2D eigenvalue weighted by Crippen LogP contribution is -2.46. The maximum Gasteiger partial charge on any atom is 0.320 e. The summed E-state index contributed by atoms with van der Waals surface area (Å²) >= 11 is 0. The molecule has 0 aromatic heterocycles. The van der Waals surface area contributed by atoms with Gasteiger partial charge in [-0.1, -0.05) is 0 Å². The van der Waals surface area contributed by atoms with Crippen LogP contribution in [0.4, 0.5) is 0 Å². The van der Waals surface area contributed by atoms with Crippen molar-refractivity contribution in [3.8, 4) is 0 Å². The number of nitrogens with zero attached hydrogens (tertiary/aromatic N) is 1. The zero-order valence-corrected chi connectivity index (χ0v) is 9.48. The number of hydrogen-bond acceptors (Lipinski definition) is 3. The van der Waals surface area contributed by atoms with E-state index in [0.717, 1.165) is 25.7 Å². The molecule has 90 valence electrons. The molecule has 0 aliphatic heterocycles. The highest BCUT2D eigenvalue weighted by molar-refractivity contribution is 5.80. The van der Waals surface area contributed by atoms with Crippen molar-refractivity contribution in [2.75, 3.05) is 6.54 Å². The Hall–Kier alpha value is -1.10. The molecule has 0 bridgehead atoms. The van der Waals surface area contributed by atoms with Crippen LogP contribution in [0.15, 0.2) is 0 Å². The van der Waals surface area contributed by atoms with Crippen LogP contribution in [-0.2, 0) is 9.59 Å². The number of aliphatic carboxylic acids is 1. The fourth-order valence-electron chi connectivity index (χ4n) is 1.80. The Bertz CT molecular complexity index is 298. The summed E-state index contributed by atoms with van der Waals surface area (Å²) in [5.74, 6) is -0.895. The van der Waals surface area contributed by atoms with Crippen molar-refractivity contribution >= 4 is 11.9 Å². The highest BCUT2D eigenvalue weighted by Gasteiger charge is 2.36. The second-order valence-electron chi connectivity index (χ2n) is 4.76. The van der Waals surface area contributed by atoms with Gasteiger partial charge in [0.1, 0.15) is 6.04 Å². The fourth-order valence-corrected chi connectivity index (χ4v) is 1.80. The van der Waals surface area contributed by atoms with Gasteiger partial charge >= 0.3 is 5.97 Å². The molecule has 2 aliphatic carbocycles. The monoisotopic (exact) mass is 226 g/mol. The van der Waals surface area contributed by atoms with E-state index in [-0.39, 0.29) is 18.5 Å². The van der Waals surface area contributed by atoms with Crippen molar-refractivity contribution in [2.24, 2.45) is 0 Å². The van der Waals surface area contributed by atoms with Gasteiger partial charge in [0, 0.05) is 12.1 Å². The number of carboxylic acid groups (broad SMARTS) is 1. The van der Waals surface area contributed by atoms with Crippen LogP contribution in [0.2, 0.25) is 0 Å². The molecule has 1 amide bonds. The number of carbonyl (C=O) groups is 2. The smallest absolute Gasteiger partial charge is 0.320 e. The minimum atomic E-state index is -0.855. The highest BCUT2D eigenvalue weighted by atomic mass is 16.4. The average Bonchev–Trinajstić information content (AvgIpc) is 3.04. The molecular formula is C11H18N2O3. The number of carboxylic acids is 1. The van der Waals surface area contributed by atoms with Gasteiger partial charge in [0.15, 0.2) is 0 Å². The quantitative estimate of drug-likeness (QED) is 0.679. The van der Waals surface area contributed by atoms with Crippen LogP contribution >= 0.6 is 0 Å². The Labute approximate surface area is 94.8 Å². The van der Waals surface area contributed by atoms with Crippen LogP contribution in [-0.4, -0.2) is 46.6 Å². The topological polar surface area (TPSA) is 69.6 Å². The standard InChI is InChI=1S/C11H18N2O3/c1-7(11(15)16)13(9-4-5-9)6-10(14)12-8-2-3-8/h7-9H,2-6H2,1H3,(H,12,14)(H,15,16). The first-order chi connectivity index (χ1) is 7.58. The van der Waals surface area contributed by atoms with E-state index in [0.29, 0.717) is 6.04 Å². The van der Waals surface area contributed by atoms with Crippen molar-refractivity contribution in [1.29, 1.82) is 0 Å². The second-order valence-corrected chi connectivity index (χ2v) is 4.76. The van der Waals surface area contributed by atoms with Crippen LogP contribution in [0.25, 0.3) is 0 Å². The summed E-state index contributed by atoms with van der Waals surface area (Å²) < 4.78 is 0. The number of amides is 1. The Balaban J connectivity index is 1.85. The van der Waals surface area contributed by atoms with Gasteiger partial charge in [0.2, 0.25) is 5.91 Å². The average molecular weight is 226 g/mol. The summed E-state index contributed by atoms with van der Waals surface area (Å²) in [6.45, 7) is 1.86. The molecule has 0 radical (unpaired) electrons. The summed E-state index contributed by atoms with van der Waals surface area (Å²) in [5, 5.41) is 11.9. The van der Waals surface area contributed by atoms with Gasteiger partial charge in [0.25, 0.3) is 0 Å². The number of carbonyl (C=O) groups excluding carboxylic acids is 1. The first kappa shape index (κ1) is 11.4. The third-order valence-electron chi connectivity index (χ3n) is 3.14. The predicted molar refractivity (Wildman–Crippen MR) is 58.0 cm³/mol. The van der Waals surface area contributed by atoms with Gasteiger partial charge in [-0.3, -0.25) is 14.5 Å². The van der Waals surface area contributed by atoms with Crippen LogP contribution < -0.4 is 5.32 Å². The molecule has 2 N–H and O–H groups in total. The molecular weight excluding hydrogens is 208 g/mol. The molecule has 5 heteroatoms. The van der Waals surface area contributed by atoms with Gasteiger partial charge in [-0.2, -0.15) is 0 Å². The normalized spacial score (nSPS) is 21.9. The molecule has 1 atom stereocenters. The Morgan fingerprint density at radius 2 is 2.00 bits per heavy atom. The minimum Gasteiger partial charge on any atom is -0.480 e. The molecule has 0 heterocycles. The summed E-state index contributed by atoms with van der Waals surface area (Å²) in [6.07, 6.45) is 4.13. The lowest BCUT2D eigenvalue weighted by Gasteiger charge is -2.25. The van der Waals surface area contributed by atoms with Gasteiger partial charge in [-0.05, 0) is 32.6 Å². The van der Waals surface area contributed by atoms with Crippen molar-refractivity contribution in [1.82, 2.24) is 10.2 Å². The summed E-state index contributed by atoms with van der Waals surface area (Å²) in [4.78, 5) is 24.3. The van der Waals surface area contributed by atoms with E-state index < -0.39 is 12.0 Å². The molecule has 0 spiro atoms. The Morgan fingerprint density at radius 1 is 1.38 bits per heavy atom. The van der Waals surface area contributed by atoms with Gasteiger partial charge in [0.05, 0.1) is 6.54 Å². The van der Waals surface area contributed by atoms with E-state index in [9.17, 15) is 9.59 Å². The number of hydrogen-bond donors (Lipinski definition) is 2. The molecule has 2 fully saturated rings. The second kappa shape index (κ2) is 4.41. The SMILES string of the molecule is CC(C(=O)O)N(CC(=O)NC1CC1)C1CC1. The Kier molecular flexibility index (Phi) is 3.14. The maximum atomic E-state index is 11.6. The van der Waals surface area contributed by atoms with E-state index in [2.05, 4.69) is 5.32 Å². The fraction of sp³-hybridized carbons (Fsp3) is 0.818. The zero-order chi connectivity index (χ0) is 11.7. The molecule has 1 unspecified atom stereocenters. The van der Waals surface area contributed by atoms with Crippen molar-refractivity contribution in [3.05, 3.63) is 0 Å². The van der Waals surface area contributed by atoms with Crippen LogP contribution in [0.3, 0.4) is 0 Å². The molecule has 2 rings (SSSR count). The molecule has 2 saturated carbocycles. The third kappa shape index (κ3) is 2.95. The molecule has 2 aliphatic rings. The van der Waals surface area contributed by atoms with E-state index in [1.165, 1.54) is 0 Å². The summed E-state index contributed by atoms with van der Waals surface area (Å²) in [7, 11) is 0. The Morgan fingerprint density at radius 3 is 2.44 bits per heavy atom. The van der Waals surface area contributed by atoms with Gasteiger partial charge in [-0.15, -0.1) is 0 Å². The van der Waals surface area contributed by atoms with Crippen LogP contribution in [0, 0.1) is 0 Å². The number of rotatable bonds is 6. The van der Waals surface area contributed by atoms with E-state index >= 15 is 0 Å². The van der Waals surface area contributed by atoms with E-state index in [1.807, 2.05) is 0 Å². The maximum absolute atomic E-state index is 11.6. The van der Waals surface area contributed by atoms with Crippen LogP contribution in [0.1, 0.15) is 32.6 Å². The van der Waals surface area contributed by atoms with E-state index in [4.69, 9.17) is 5.11 Å². The molecule has 0 aromatic rings. The van der Waals surface area contributed by atoms with Gasteiger partial charge in [-0.25, -0.2) is 0 Å². The zero-order valence-electron chi connectivity index (χ0n) is 9.48. The van der Waals surface area contributed by atoms with Crippen molar-refractivity contribution in [3.63, 3.8) is 0 Å². The number of nitrogens with one attached hydrogen (secondary N) is 1. The minimum absolute atomic E-state index is 0.0394. The predicted octanol–water partition coefficient (Wildman–Crippen LogP) is 0.203. The van der Waals surface area contributed by atoms with Crippen LogP contribution in [0.5, 0.6) is 0 Å². The highest BCUT2D eigenvalue weighted by Crippen LogP contribution is 2.28. The van der Waals surface area contributed by atoms with Crippen molar-refractivity contribution in [2.45, 2.75) is 50.7 Å². The first-order valence-electron chi connectivity index (χ1n) is 5.86. The van der Waals surface area contributed by atoms with Crippen molar-refractivity contribution < 1.29 is 14.7 Å². The summed E-state index contributed by atoms with van der Waals surface area (Å²) in [5.41, 5.74) is 0. The van der Waals surface area contributed by atoms with Gasteiger partial charge < -0.3 is 10.4 Å². The molecule has 0 aromatic carbocycles. The third-order valence-corrected chi connectivity index (χ3v) is 3.14. The van der Waals surface area contributed by atoms with E-state index in [1.54, 1.807) is 11.8 Å². The lowest BCUT2D eigenvalue weighted by atomic mass is 10.2. The molecule has 5 nitrogen and oxygen atoms in total. The largest absolute Gasteiger partial charge is 0.480 e.